The van der Waals surface area contributed by atoms with E-state index < -0.39 is 11.9 Å². The molecule has 0 spiro atoms. The largest absolute Gasteiger partial charge is 0.474 e. The Morgan fingerprint density at radius 3 is 2.67 bits per heavy atom. The fraction of sp³-hybridized carbons (Fsp3) is 0.385. The van der Waals surface area contributed by atoms with Crippen molar-refractivity contribution in [3.8, 4) is 0 Å². The molecule has 1 aliphatic rings. The van der Waals surface area contributed by atoms with E-state index in [2.05, 4.69) is 0 Å². The Morgan fingerprint density at radius 2 is 2.06 bits per heavy atom. The first-order valence-electron chi connectivity index (χ1n) is 5.73. The van der Waals surface area contributed by atoms with Crippen LogP contribution in [-0.2, 0) is 9.59 Å². The number of aryl methyl sites for hydroxylation is 1. The van der Waals surface area contributed by atoms with Crippen molar-refractivity contribution in [3.63, 3.8) is 0 Å². The number of carbonyl (C=O) groups is 2. The van der Waals surface area contributed by atoms with Crippen molar-refractivity contribution in [1.29, 1.82) is 0 Å². The van der Waals surface area contributed by atoms with Crippen molar-refractivity contribution in [2.75, 3.05) is 10.7 Å². The lowest BCUT2D eigenvalue weighted by Gasteiger charge is -2.35. The number of carboxylic acids is 1. The lowest BCUT2D eigenvalue weighted by atomic mass is 10.1. The third-order valence-electron chi connectivity index (χ3n) is 3.23. The third-order valence-corrected chi connectivity index (χ3v) is 4.52. The number of carboxylic acid groups (broad SMARTS) is 1. The molecule has 0 aromatic heterocycles. The molecule has 0 aliphatic carbocycles. The van der Waals surface area contributed by atoms with Gasteiger partial charge in [0.05, 0.1) is 5.69 Å². The van der Waals surface area contributed by atoms with Gasteiger partial charge in [-0.3, -0.25) is 9.69 Å². The quantitative estimate of drug-likeness (QED) is 0.731. The third kappa shape index (κ3) is 1.99. The lowest BCUT2D eigenvalue weighted by Crippen LogP contribution is -2.46. The molecule has 18 heavy (non-hydrogen) atoms. The number of amides is 1. The average molecular weight is 265 g/mol. The van der Waals surface area contributed by atoms with Crippen LogP contribution >= 0.6 is 11.8 Å². The number of thioether (sulfide) groups is 1. The number of carbonyl (C=O) groups excluding carboxylic acids is 1. The average Bonchev–Trinajstić information content (AvgIpc) is 2.33. The minimum Gasteiger partial charge on any atom is -0.474 e. The van der Waals surface area contributed by atoms with E-state index in [1.165, 1.54) is 4.90 Å². The van der Waals surface area contributed by atoms with E-state index in [0.717, 1.165) is 21.7 Å². The molecular formula is C13H15NO3S. The predicted octanol–water partition coefficient (Wildman–Crippen LogP) is 2.22. The van der Waals surface area contributed by atoms with E-state index in [9.17, 15) is 9.59 Å². The van der Waals surface area contributed by atoms with Crippen molar-refractivity contribution < 1.29 is 14.7 Å². The van der Waals surface area contributed by atoms with Crippen LogP contribution < -0.4 is 4.90 Å². The van der Waals surface area contributed by atoms with E-state index >= 15 is 0 Å². The molecular weight excluding hydrogens is 250 g/mol. The van der Waals surface area contributed by atoms with Crippen LogP contribution in [0.1, 0.15) is 18.1 Å². The van der Waals surface area contributed by atoms with Gasteiger partial charge in [-0.15, -0.1) is 11.8 Å². The number of anilines is 1. The van der Waals surface area contributed by atoms with Gasteiger partial charge in [0.1, 0.15) is 0 Å². The molecule has 1 aromatic carbocycles. The maximum absolute atomic E-state index is 11.9. The van der Waals surface area contributed by atoms with Crippen LogP contribution in [0, 0.1) is 13.8 Å². The Kier molecular flexibility index (Phi) is 3.34. The summed E-state index contributed by atoms with van der Waals surface area (Å²) >= 11 is 1.67. The summed E-state index contributed by atoms with van der Waals surface area (Å²) in [5.74, 6) is -1.53. The Morgan fingerprint density at radius 1 is 1.39 bits per heavy atom. The van der Waals surface area contributed by atoms with E-state index in [-0.39, 0.29) is 6.04 Å². The molecule has 1 atom stereocenters. The fourth-order valence-electron chi connectivity index (χ4n) is 2.10. The summed E-state index contributed by atoms with van der Waals surface area (Å²) < 4.78 is 0. The number of fused-ring (bicyclic) bond motifs is 1. The van der Waals surface area contributed by atoms with Gasteiger partial charge in [-0.25, -0.2) is 4.79 Å². The van der Waals surface area contributed by atoms with Crippen LogP contribution in [0.5, 0.6) is 0 Å². The van der Waals surface area contributed by atoms with Gasteiger partial charge in [0, 0.05) is 16.7 Å². The maximum atomic E-state index is 11.9. The second-order valence-electron chi connectivity index (χ2n) is 4.49. The molecule has 1 aliphatic heterocycles. The smallest absolute Gasteiger partial charge is 0.394 e. The molecule has 1 aromatic rings. The summed E-state index contributed by atoms with van der Waals surface area (Å²) in [7, 11) is 0. The van der Waals surface area contributed by atoms with Crippen LogP contribution in [-0.4, -0.2) is 28.8 Å². The van der Waals surface area contributed by atoms with Gasteiger partial charge in [-0.05, 0) is 38.0 Å². The molecule has 5 heteroatoms. The van der Waals surface area contributed by atoms with Gasteiger partial charge < -0.3 is 5.11 Å². The zero-order valence-corrected chi connectivity index (χ0v) is 11.4. The Bertz CT molecular complexity index is 527. The number of nitrogens with zero attached hydrogens (tertiary/aromatic N) is 1. The second kappa shape index (κ2) is 4.65. The maximum Gasteiger partial charge on any atom is 0.394 e. The van der Waals surface area contributed by atoms with E-state index in [1.54, 1.807) is 11.8 Å². The molecule has 0 saturated carbocycles. The lowest BCUT2D eigenvalue weighted by molar-refractivity contribution is -0.149. The van der Waals surface area contributed by atoms with E-state index in [0.29, 0.717) is 5.75 Å². The zero-order valence-electron chi connectivity index (χ0n) is 10.6. The Balaban J connectivity index is 2.59. The topological polar surface area (TPSA) is 57.6 Å². The number of aliphatic carboxylic acids is 1. The number of hydrogen-bond acceptors (Lipinski definition) is 3. The van der Waals surface area contributed by atoms with Gasteiger partial charge in [-0.2, -0.15) is 0 Å². The molecule has 0 saturated heterocycles. The van der Waals surface area contributed by atoms with Crippen molar-refractivity contribution >= 4 is 29.3 Å². The summed E-state index contributed by atoms with van der Waals surface area (Å²) in [6.07, 6.45) is 0. The monoisotopic (exact) mass is 265 g/mol. The van der Waals surface area contributed by atoms with Crippen LogP contribution in [0.25, 0.3) is 0 Å². The number of benzene rings is 1. The highest BCUT2D eigenvalue weighted by molar-refractivity contribution is 7.99. The molecule has 1 N–H and O–H groups in total. The molecule has 1 unspecified atom stereocenters. The van der Waals surface area contributed by atoms with Gasteiger partial charge >= 0.3 is 11.9 Å². The summed E-state index contributed by atoms with van der Waals surface area (Å²) in [4.78, 5) is 25.2. The second-order valence-corrected chi connectivity index (χ2v) is 5.56. The first-order chi connectivity index (χ1) is 8.43. The summed E-state index contributed by atoms with van der Waals surface area (Å²) in [5, 5.41) is 8.94. The van der Waals surface area contributed by atoms with Gasteiger partial charge in [0.15, 0.2) is 0 Å². The van der Waals surface area contributed by atoms with Gasteiger partial charge in [0.25, 0.3) is 0 Å². The molecule has 4 nitrogen and oxygen atoms in total. The Labute approximate surface area is 110 Å². The fourth-order valence-corrected chi connectivity index (χ4v) is 3.22. The number of hydrogen-bond donors (Lipinski definition) is 1. The zero-order chi connectivity index (χ0) is 13.4. The molecule has 0 bridgehead atoms. The predicted molar refractivity (Wildman–Crippen MR) is 71.2 cm³/mol. The normalized spacial score (nSPS) is 18.4. The molecule has 96 valence electrons. The summed E-state index contributed by atoms with van der Waals surface area (Å²) in [6.45, 7) is 5.76. The van der Waals surface area contributed by atoms with Crippen molar-refractivity contribution in [2.24, 2.45) is 0 Å². The van der Waals surface area contributed by atoms with Crippen molar-refractivity contribution in [3.05, 3.63) is 23.3 Å². The number of rotatable bonds is 0. The van der Waals surface area contributed by atoms with Gasteiger partial charge in [-0.1, -0.05) is 6.07 Å². The molecule has 1 heterocycles. The van der Waals surface area contributed by atoms with Crippen molar-refractivity contribution in [1.82, 2.24) is 0 Å². The minimum atomic E-state index is -1.40. The summed E-state index contributed by atoms with van der Waals surface area (Å²) in [5.41, 5.74) is 2.79. The molecule has 0 radical (unpaired) electrons. The highest BCUT2D eigenvalue weighted by Gasteiger charge is 2.33. The minimum absolute atomic E-state index is 0.105. The Hall–Kier alpha value is -1.49. The SMILES string of the molecule is Cc1ccc2c(c1C)N(C(=O)C(=O)O)C(C)CS2. The van der Waals surface area contributed by atoms with Gasteiger partial charge in [0.2, 0.25) is 0 Å². The summed E-state index contributed by atoms with van der Waals surface area (Å²) in [6, 6.07) is 3.85. The molecule has 2 rings (SSSR count). The first kappa shape index (κ1) is 13.0. The highest BCUT2D eigenvalue weighted by atomic mass is 32.2. The van der Waals surface area contributed by atoms with Crippen molar-refractivity contribution in [2.45, 2.75) is 31.7 Å². The van der Waals surface area contributed by atoms with Crippen LogP contribution in [0.2, 0.25) is 0 Å². The standard InChI is InChI=1S/C13H15NO3S/c1-7-4-5-10-11(9(7)3)14(8(2)6-18-10)12(15)13(16)17/h4-5,8H,6H2,1-3H3,(H,16,17). The van der Waals surface area contributed by atoms with E-state index in [1.807, 2.05) is 32.9 Å². The van der Waals surface area contributed by atoms with Crippen LogP contribution in [0.3, 0.4) is 0 Å². The molecule has 0 fully saturated rings. The van der Waals surface area contributed by atoms with Crippen LogP contribution in [0.4, 0.5) is 5.69 Å². The van der Waals surface area contributed by atoms with E-state index in [4.69, 9.17) is 5.11 Å². The molecule has 1 amide bonds. The van der Waals surface area contributed by atoms with Crippen LogP contribution in [0.15, 0.2) is 17.0 Å². The first-order valence-corrected chi connectivity index (χ1v) is 6.71. The highest BCUT2D eigenvalue weighted by Crippen LogP contribution is 2.40.